The zero-order valence-electron chi connectivity index (χ0n) is 28.6. The van der Waals surface area contributed by atoms with E-state index in [1.165, 1.54) is 0 Å². The van der Waals surface area contributed by atoms with Crippen molar-refractivity contribution in [3.63, 3.8) is 0 Å². The standard InChI is InChI=1S/C35H51N3O5Si/c1-34(2,3)43-33(39)38-17-13-12-14-29(36-22-24-15-16-27(40-8)20-32(24)41-9)28-19-25-18-26(37(7)30(25)21-31(28)38)23-42-44(10,11)35(4,5)6/h15-16,18-21H,12-14,17,22-23H2,1-11H3/b36-29-. The third-order valence-corrected chi connectivity index (χ3v) is 13.3. The lowest BCUT2D eigenvalue weighted by Gasteiger charge is -2.36. The maximum absolute atomic E-state index is 13.6. The van der Waals surface area contributed by atoms with Crippen LogP contribution in [0.4, 0.5) is 10.5 Å². The SMILES string of the molecule is COc1ccc(C/N=C2/CCCCN(C(=O)OC(C)(C)C)c3cc4c(cc32)cc(CO[Si](C)(C)C(C)(C)C)n4C)c(OC)c1. The van der Waals surface area contributed by atoms with Crippen molar-refractivity contribution in [2.45, 2.75) is 97.7 Å². The van der Waals surface area contributed by atoms with Gasteiger partial charge < -0.3 is 23.2 Å². The van der Waals surface area contributed by atoms with Gasteiger partial charge in [0.25, 0.3) is 0 Å². The summed E-state index contributed by atoms with van der Waals surface area (Å²) in [7, 11) is 3.44. The van der Waals surface area contributed by atoms with Gasteiger partial charge in [-0.1, -0.05) is 20.8 Å². The summed E-state index contributed by atoms with van der Waals surface area (Å²) in [6.45, 7) is 18.6. The largest absolute Gasteiger partial charge is 0.497 e. The number of fused-ring (bicyclic) bond motifs is 2. The summed E-state index contributed by atoms with van der Waals surface area (Å²) in [5.74, 6) is 1.47. The Labute approximate surface area is 264 Å². The number of aromatic nitrogens is 1. The van der Waals surface area contributed by atoms with E-state index in [1.54, 1.807) is 19.1 Å². The molecule has 0 radical (unpaired) electrons. The van der Waals surface area contributed by atoms with E-state index in [-0.39, 0.29) is 11.1 Å². The average molecular weight is 622 g/mol. The summed E-state index contributed by atoms with van der Waals surface area (Å²) in [4.78, 5) is 20.6. The van der Waals surface area contributed by atoms with Crippen LogP contribution in [0, 0.1) is 0 Å². The van der Waals surface area contributed by atoms with Crippen LogP contribution in [-0.4, -0.2) is 51.1 Å². The van der Waals surface area contributed by atoms with Crippen molar-refractivity contribution in [2.75, 3.05) is 25.7 Å². The monoisotopic (exact) mass is 621 g/mol. The highest BCUT2D eigenvalue weighted by Crippen LogP contribution is 2.38. The van der Waals surface area contributed by atoms with Crippen molar-refractivity contribution in [2.24, 2.45) is 12.0 Å². The number of hydrogen-bond acceptors (Lipinski definition) is 6. The first kappa shape index (κ1) is 33.6. The molecule has 44 heavy (non-hydrogen) atoms. The van der Waals surface area contributed by atoms with Gasteiger partial charge in [-0.2, -0.15) is 0 Å². The Bertz CT molecular complexity index is 1530. The first-order chi connectivity index (χ1) is 20.5. The first-order valence-corrected chi connectivity index (χ1v) is 18.5. The fourth-order valence-corrected chi connectivity index (χ4v) is 6.09. The lowest BCUT2D eigenvalue weighted by molar-refractivity contribution is 0.0579. The van der Waals surface area contributed by atoms with Gasteiger partial charge in [-0.15, -0.1) is 0 Å². The second-order valence-corrected chi connectivity index (χ2v) is 19.0. The van der Waals surface area contributed by atoms with Gasteiger partial charge in [0.2, 0.25) is 0 Å². The van der Waals surface area contributed by atoms with Crippen molar-refractivity contribution >= 4 is 36.7 Å². The molecule has 1 aliphatic heterocycles. The number of carbonyl (C=O) groups excluding carboxylic acids is 1. The molecule has 3 aromatic rings. The van der Waals surface area contributed by atoms with Crippen LogP contribution in [0.2, 0.25) is 18.1 Å². The number of methoxy groups -OCH3 is 2. The summed E-state index contributed by atoms with van der Waals surface area (Å²) in [6, 6.07) is 12.3. The molecule has 0 saturated carbocycles. The summed E-state index contributed by atoms with van der Waals surface area (Å²) >= 11 is 0. The number of aliphatic imine (C=N–C) groups is 1. The predicted octanol–water partition coefficient (Wildman–Crippen LogP) is 8.63. The Hall–Kier alpha value is -3.30. The smallest absolute Gasteiger partial charge is 0.414 e. The Morgan fingerprint density at radius 3 is 2.34 bits per heavy atom. The van der Waals surface area contributed by atoms with Crippen LogP contribution in [-0.2, 0) is 29.4 Å². The van der Waals surface area contributed by atoms with Crippen molar-refractivity contribution in [1.29, 1.82) is 0 Å². The molecular formula is C35H51N3O5Si. The van der Waals surface area contributed by atoms with Crippen LogP contribution in [0.1, 0.15) is 77.6 Å². The minimum absolute atomic E-state index is 0.124. The number of benzene rings is 2. The molecule has 0 bridgehead atoms. The normalized spacial score (nSPS) is 15.6. The highest BCUT2D eigenvalue weighted by atomic mass is 28.4. The Balaban J connectivity index is 1.82. The molecule has 0 saturated heterocycles. The van der Waals surface area contributed by atoms with Gasteiger partial charge in [-0.25, -0.2) is 4.79 Å². The van der Waals surface area contributed by atoms with Crippen LogP contribution >= 0.6 is 0 Å². The molecule has 0 atom stereocenters. The van der Waals surface area contributed by atoms with Gasteiger partial charge in [0.15, 0.2) is 8.32 Å². The highest BCUT2D eigenvalue weighted by Gasteiger charge is 2.37. The van der Waals surface area contributed by atoms with E-state index < -0.39 is 13.9 Å². The Kier molecular flexibility index (Phi) is 9.90. The fraction of sp³-hybridized carbons (Fsp3) is 0.543. The summed E-state index contributed by atoms with van der Waals surface area (Å²) in [5.41, 5.74) is 5.26. The van der Waals surface area contributed by atoms with E-state index in [2.05, 4.69) is 63.7 Å². The highest BCUT2D eigenvalue weighted by molar-refractivity contribution is 6.74. The van der Waals surface area contributed by atoms with E-state index in [4.69, 9.17) is 23.6 Å². The number of amides is 1. The molecule has 240 valence electrons. The predicted molar refractivity (Wildman–Crippen MR) is 182 cm³/mol. The maximum Gasteiger partial charge on any atom is 0.414 e. The molecule has 0 fully saturated rings. The molecular weight excluding hydrogens is 570 g/mol. The molecule has 9 heteroatoms. The topological polar surface area (TPSA) is 74.5 Å². The lowest BCUT2D eigenvalue weighted by atomic mass is 9.97. The number of hydrogen-bond donors (Lipinski definition) is 0. The zero-order chi connectivity index (χ0) is 32.4. The molecule has 0 aliphatic carbocycles. The number of nitrogens with zero attached hydrogens (tertiary/aromatic N) is 3. The van der Waals surface area contributed by atoms with E-state index in [0.717, 1.165) is 69.9 Å². The lowest BCUT2D eigenvalue weighted by Crippen LogP contribution is -2.40. The average Bonchev–Trinajstić information content (AvgIpc) is 3.24. The molecule has 1 aromatic heterocycles. The van der Waals surface area contributed by atoms with Gasteiger partial charge >= 0.3 is 6.09 Å². The van der Waals surface area contributed by atoms with Crippen LogP contribution in [0.3, 0.4) is 0 Å². The third-order valence-electron chi connectivity index (χ3n) is 8.84. The van der Waals surface area contributed by atoms with Crippen molar-refractivity contribution in [3.8, 4) is 11.5 Å². The third kappa shape index (κ3) is 7.49. The molecule has 1 amide bonds. The quantitative estimate of drug-likeness (QED) is 0.247. The van der Waals surface area contributed by atoms with E-state index >= 15 is 0 Å². The van der Waals surface area contributed by atoms with Crippen LogP contribution < -0.4 is 14.4 Å². The van der Waals surface area contributed by atoms with Crippen LogP contribution in [0.5, 0.6) is 11.5 Å². The summed E-state index contributed by atoms with van der Waals surface area (Å²) < 4.78 is 25.7. The minimum Gasteiger partial charge on any atom is -0.497 e. The molecule has 8 nitrogen and oxygen atoms in total. The van der Waals surface area contributed by atoms with Crippen molar-refractivity contribution in [1.82, 2.24) is 4.57 Å². The first-order valence-electron chi connectivity index (χ1n) is 15.6. The van der Waals surface area contributed by atoms with Gasteiger partial charge in [0.05, 0.1) is 38.6 Å². The van der Waals surface area contributed by atoms with Crippen LogP contribution in [0.15, 0.2) is 41.4 Å². The van der Waals surface area contributed by atoms with Crippen molar-refractivity contribution in [3.05, 3.63) is 53.2 Å². The number of carbonyl (C=O) groups is 1. The van der Waals surface area contributed by atoms with Crippen LogP contribution in [0.25, 0.3) is 10.9 Å². The second-order valence-electron chi connectivity index (χ2n) is 14.2. The molecule has 0 N–H and O–H groups in total. The zero-order valence-corrected chi connectivity index (χ0v) is 29.6. The summed E-state index contributed by atoms with van der Waals surface area (Å²) in [5, 5.41) is 1.22. The van der Waals surface area contributed by atoms with E-state index in [9.17, 15) is 4.79 Å². The molecule has 0 spiro atoms. The van der Waals surface area contributed by atoms with Crippen molar-refractivity contribution < 1.29 is 23.4 Å². The van der Waals surface area contributed by atoms with E-state index in [1.807, 2.05) is 39.0 Å². The molecule has 2 heterocycles. The van der Waals surface area contributed by atoms with E-state index in [0.29, 0.717) is 19.7 Å². The number of ether oxygens (including phenoxy) is 3. The Morgan fingerprint density at radius 2 is 1.70 bits per heavy atom. The second kappa shape index (κ2) is 13.0. The fourth-order valence-electron chi connectivity index (χ4n) is 5.15. The molecule has 4 rings (SSSR count). The number of aryl methyl sites for hydroxylation is 1. The maximum atomic E-state index is 13.6. The van der Waals surface area contributed by atoms with Gasteiger partial charge in [-0.05, 0) is 88.5 Å². The molecule has 0 unspecified atom stereocenters. The molecule has 2 aromatic carbocycles. The molecule has 1 aliphatic rings. The Morgan fingerprint density at radius 1 is 0.977 bits per heavy atom. The summed E-state index contributed by atoms with van der Waals surface area (Å²) in [6.07, 6.45) is 2.23. The van der Waals surface area contributed by atoms with Gasteiger partial charge in [-0.3, -0.25) is 9.89 Å². The number of rotatable bonds is 7. The number of anilines is 1. The minimum atomic E-state index is -1.94. The van der Waals surface area contributed by atoms with Gasteiger partial charge in [0, 0.05) is 47.6 Å². The van der Waals surface area contributed by atoms with Gasteiger partial charge in [0.1, 0.15) is 17.1 Å².